The molecule has 0 aromatic heterocycles. The van der Waals surface area contributed by atoms with Crippen molar-refractivity contribution in [2.24, 2.45) is 5.92 Å². The minimum Gasteiger partial charge on any atom is -0.366 e. The summed E-state index contributed by atoms with van der Waals surface area (Å²) in [4.78, 5) is 40.1. The van der Waals surface area contributed by atoms with Crippen molar-refractivity contribution in [3.8, 4) is 0 Å². The molecule has 2 heterocycles. The quantitative estimate of drug-likeness (QED) is 0.323. The molecule has 3 amide bonds. The predicted molar refractivity (Wildman–Crippen MR) is 133 cm³/mol. The van der Waals surface area contributed by atoms with Crippen LogP contribution in [0.2, 0.25) is 0 Å². The van der Waals surface area contributed by atoms with E-state index in [-0.39, 0.29) is 24.3 Å². The van der Waals surface area contributed by atoms with Crippen molar-refractivity contribution in [3.05, 3.63) is 48.0 Å². The average molecular weight is 499 g/mol. The molecule has 5 N–H and O–H groups in total. The fourth-order valence-corrected chi connectivity index (χ4v) is 4.96. The van der Waals surface area contributed by atoms with E-state index in [0.29, 0.717) is 25.0 Å². The molecule has 1 unspecified atom stereocenters. The summed E-state index contributed by atoms with van der Waals surface area (Å²) < 4.78 is 5.07. The lowest BCUT2D eigenvalue weighted by Crippen LogP contribution is -2.53. The van der Waals surface area contributed by atoms with Crippen molar-refractivity contribution in [1.29, 1.82) is 0 Å². The molecule has 0 radical (unpaired) electrons. The van der Waals surface area contributed by atoms with Gasteiger partial charge in [0.25, 0.3) is 5.91 Å². The lowest BCUT2D eigenvalue weighted by atomic mass is 10.0. The van der Waals surface area contributed by atoms with E-state index in [0.717, 1.165) is 21.2 Å². The number of carbonyl (C=O) groups excluding carboxylic acids is 3. The number of hydrogen-bond acceptors (Lipinski definition) is 7. The van der Waals surface area contributed by atoms with E-state index >= 15 is 0 Å². The van der Waals surface area contributed by atoms with Crippen LogP contribution in [-0.4, -0.2) is 54.4 Å². The van der Waals surface area contributed by atoms with Gasteiger partial charge in [0.15, 0.2) is 6.29 Å². The summed E-state index contributed by atoms with van der Waals surface area (Å²) in [6.45, 7) is 3.99. The van der Waals surface area contributed by atoms with E-state index in [9.17, 15) is 19.5 Å². The number of rotatable bonds is 8. The van der Waals surface area contributed by atoms with E-state index < -0.39 is 24.3 Å². The number of aliphatic hydroxyl groups excluding tert-OH is 1. The number of nitrogens with one attached hydrogen (secondary N) is 4. The summed E-state index contributed by atoms with van der Waals surface area (Å²) in [7, 11) is 0. The first kappa shape index (κ1) is 25.0. The molecule has 2 aromatic rings. The normalized spacial score (nSPS) is 19.2. The molecule has 0 aliphatic carbocycles. The highest BCUT2D eigenvalue weighted by molar-refractivity contribution is 7.99. The maximum absolute atomic E-state index is 12.7. The van der Waals surface area contributed by atoms with Crippen molar-refractivity contribution >= 4 is 40.9 Å². The first-order valence-corrected chi connectivity index (χ1v) is 12.5. The molecule has 0 spiro atoms. The van der Waals surface area contributed by atoms with Gasteiger partial charge in [-0.05, 0) is 49.1 Å². The number of benzene rings is 2. The Morgan fingerprint density at radius 2 is 1.91 bits per heavy atom. The van der Waals surface area contributed by atoms with Gasteiger partial charge < -0.3 is 31.1 Å². The van der Waals surface area contributed by atoms with Gasteiger partial charge in [-0.2, -0.15) is 0 Å². The van der Waals surface area contributed by atoms with Gasteiger partial charge in [-0.15, -0.1) is 0 Å². The lowest BCUT2D eigenvalue weighted by molar-refractivity contribution is -0.131. The summed E-state index contributed by atoms with van der Waals surface area (Å²) in [6.07, 6.45) is -0.123. The summed E-state index contributed by atoms with van der Waals surface area (Å²) in [5.41, 5.74) is 2.24. The van der Waals surface area contributed by atoms with Crippen molar-refractivity contribution in [2.45, 2.75) is 54.9 Å². The van der Waals surface area contributed by atoms with Crippen molar-refractivity contribution < 1.29 is 24.2 Å². The second-order valence-corrected chi connectivity index (χ2v) is 10.1. The van der Waals surface area contributed by atoms with Crippen LogP contribution in [0.15, 0.2) is 52.3 Å². The van der Waals surface area contributed by atoms with Crippen LogP contribution in [-0.2, 0) is 14.3 Å². The number of amides is 3. The van der Waals surface area contributed by atoms with Crippen LogP contribution in [0.5, 0.6) is 0 Å². The molecular formula is C25H30N4O5S. The summed E-state index contributed by atoms with van der Waals surface area (Å²) >= 11 is 1.63. The average Bonchev–Trinajstić information content (AvgIpc) is 3.24. The Hall–Kier alpha value is -3.08. The predicted octanol–water partition coefficient (Wildman–Crippen LogP) is 2.38. The van der Waals surface area contributed by atoms with Crippen molar-refractivity contribution in [3.63, 3.8) is 0 Å². The second-order valence-electron chi connectivity index (χ2n) is 9.03. The summed E-state index contributed by atoms with van der Waals surface area (Å²) in [5, 5.41) is 21.2. The third kappa shape index (κ3) is 6.33. The molecule has 1 fully saturated rings. The summed E-state index contributed by atoms with van der Waals surface area (Å²) in [5.74, 6) is -1.09. The molecule has 3 atom stereocenters. The number of para-hydroxylation sites is 1. The Kier molecular flexibility index (Phi) is 7.94. The zero-order valence-corrected chi connectivity index (χ0v) is 20.5. The van der Waals surface area contributed by atoms with E-state index in [2.05, 4.69) is 21.3 Å². The first-order valence-electron chi connectivity index (χ1n) is 11.7. The molecule has 9 nitrogen and oxygen atoms in total. The molecular weight excluding hydrogens is 468 g/mol. The molecule has 0 bridgehead atoms. The number of hydrogen-bond donors (Lipinski definition) is 5. The Morgan fingerprint density at radius 1 is 1.14 bits per heavy atom. The Morgan fingerprint density at radius 3 is 2.66 bits per heavy atom. The molecule has 1 saturated heterocycles. The topological polar surface area (TPSA) is 129 Å². The Bertz CT molecular complexity index is 1110. The largest absolute Gasteiger partial charge is 0.366 e. The van der Waals surface area contributed by atoms with E-state index in [1.165, 1.54) is 0 Å². The number of anilines is 2. The van der Waals surface area contributed by atoms with Crippen LogP contribution in [0.4, 0.5) is 11.4 Å². The Balaban J connectivity index is 1.32. The van der Waals surface area contributed by atoms with E-state index in [4.69, 9.17) is 4.74 Å². The molecule has 0 saturated carbocycles. The van der Waals surface area contributed by atoms with Gasteiger partial charge in [-0.1, -0.05) is 37.7 Å². The zero-order chi connectivity index (χ0) is 24.9. The highest BCUT2D eigenvalue weighted by Gasteiger charge is 2.31. The Labute approximate surface area is 208 Å². The highest BCUT2D eigenvalue weighted by atomic mass is 32.2. The molecule has 2 aromatic carbocycles. The SMILES string of the molecule is CC(C)C[C@H](NC(=O)CNC(=O)c1ccc2c(c1)Nc1ccccc1S2)C(=O)N[C@H]1CCOC1O. The molecule has 186 valence electrons. The van der Waals surface area contributed by atoms with Crippen LogP contribution < -0.4 is 21.3 Å². The standard InChI is InChI=1S/C25H30N4O5S/c1-14(2)11-19(24(32)29-17-9-10-34-25(17)33)28-22(30)13-26-23(31)15-7-8-21-18(12-15)27-16-5-3-4-6-20(16)35-21/h3-8,12,14,17,19,25,27,33H,9-11,13H2,1-2H3,(H,26,31)(H,28,30)(H,29,32)/t17-,19-,25?/m0/s1. The molecule has 4 rings (SSSR count). The number of ether oxygens (including phenoxy) is 1. The third-order valence-corrected chi connectivity index (χ3v) is 6.93. The van der Waals surface area contributed by atoms with E-state index in [1.807, 2.05) is 44.2 Å². The van der Waals surface area contributed by atoms with Gasteiger partial charge in [0.2, 0.25) is 11.8 Å². The van der Waals surface area contributed by atoms with E-state index in [1.54, 1.807) is 23.9 Å². The van der Waals surface area contributed by atoms with Gasteiger partial charge in [-0.3, -0.25) is 14.4 Å². The minimum absolute atomic E-state index is 0.149. The van der Waals surface area contributed by atoms with Gasteiger partial charge in [0.1, 0.15) is 6.04 Å². The minimum atomic E-state index is -1.05. The molecule has 2 aliphatic heterocycles. The smallest absolute Gasteiger partial charge is 0.251 e. The number of carbonyl (C=O) groups is 3. The maximum Gasteiger partial charge on any atom is 0.251 e. The fourth-order valence-electron chi connectivity index (χ4n) is 3.99. The van der Waals surface area contributed by atoms with Crippen LogP contribution in [0.25, 0.3) is 0 Å². The number of fused-ring (bicyclic) bond motifs is 2. The molecule has 2 aliphatic rings. The van der Waals surface area contributed by atoms with Gasteiger partial charge in [-0.25, -0.2) is 0 Å². The summed E-state index contributed by atoms with van der Waals surface area (Å²) in [6, 6.07) is 12.0. The van der Waals surface area contributed by atoms with Gasteiger partial charge >= 0.3 is 0 Å². The molecule has 10 heteroatoms. The fraction of sp³-hybridized carbons (Fsp3) is 0.400. The third-order valence-electron chi connectivity index (χ3n) is 5.78. The van der Waals surface area contributed by atoms with Crippen molar-refractivity contribution in [1.82, 2.24) is 16.0 Å². The van der Waals surface area contributed by atoms with Gasteiger partial charge in [0.05, 0.1) is 30.6 Å². The number of aliphatic hydroxyl groups is 1. The zero-order valence-electron chi connectivity index (χ0n) is 19.7. The van der Waals surface area contributed by atoms with Crippen LogP contribution >= 0.6 is 11.8 Å². The van der Waals surface area contributed by atoms with Crippen LogP contribution in [0.3, 0.4) is 0 Å². The second kappa shape index (κ2) is 11.1. The van der Waals surface area contributed by atoms with Crippen molar-refractivity contribution in [2.75, 3.05) is 18.5 Å². The maximum atomic E-state index is 12.7. The lowest BCUT2D eigenvalue weighted by Gasteiger charge is -2.23. The molecule has 35 heavy (non-hydrogen) atoms. The van der Waals surface area contributed by atoms with Crippen LogP contribution in [0, 0.1) is 5.92 Å². The highest BCUT2D eigenvalue weighted by Crippen LogP contribution is 2.44. The van der Waals surface area contributed by atoms with Gasteiger partial charge in [0, 0.05) is 15.4 Å². The monoisotopic (exact) mass is 498 g/mol. The van der Waals surface area contributed by atoms with Crippen LogP contribution in [0.1, 0.15) is 37.0 Å². The first-order chi connectivity index (χ1) is 16.8.